The molecule has 0 aromatic carbocycles. The molecule has 1 atom stereocenters. The van der Waals surface area contributed by atoms with Gasteiger partial charge in [-0.3, -0.25) is 4.79 Å². The SMILES string of the molecule is Cc1cc(C(N)CC(=O)O)cnc1F. The maximum absolute atomic E-state index is 12.8. The second-order valence-electron chi connectivity index (χ2n) is 3.08. The van der Waals surface area contributed by atoms with Crippen LogP contribution in [-0.2, 0) is 4.79 Å². The summed E-state index contributed by atoms with van der Waals surface area (Å²) in [6.45, 7) is 1.55. The van der Waals surface area contributed by atoms with Crippen molar-refractivity contribution in [2.24, 2.45) is 5.73 Å². The van der Waals surface area contributed by atoms with Crippen molar-refractivity contribution < 1.29 is 14.3 Å². The Hall–Kier alpha value is -1.49. The molecule has 76 valence electrons. The third kappa shape index (κ3) is 2.50. The van der Waals surface area contributed by atoms with E-state index in [4.69, 9.17) is 10.8 Å². The van der Waals surface area contributed by atoms with Gasteiger partial charge >= 0.3 is 5.97 Å². The van der Waals surface area contributed by atoms with E-state index in [1.807, 2.05) is 0 Å². The summed E-state index contributed by atoms with van der Waals surface area (Å²) in [6.07, 6.45) is 1.07. The van der Waals surface area contributed by atoms with E-state index in [0.717, 1.165) is 0 Å². The summed E-state index contributed by atoms with van der Waals surface area (Å²) < 4.78 is 12.8. The van der Waals surface area contributed by atoms with E-state index in [1.165, 1.54) is 12.3 Å². The third-order valence-corrected chi connectivity index (χ3v) is 1.86. The van der Waals surface area contributed by atoms with Crippen LogP contribution in [0.5, 0.6) is 0 Å². The van der Waals surface area contributed by atoms with Gasteiger partial charge in [0.2, 0.25) is 5.95 Å². The van der Waals surface area contributed by atoms with Crippen molar-refractivity contribution in [1.29, 1.82) is 0 Å². The Kier molecular flexibility index (Phi) is 3.14. The lowest BCUT2D eigenvalue weighted by Crippen LogP contribution is -2.15. The van der Waals surface area contributed by atoms with Gasteiger partial charge in [-0.2, -0.15) is 4.39 Å². The van der Waals surface area contributed by atoms with Gasteiger partial charge in [-0.05, 0) is 18.6 Å². The molecule has 5 heteroatoms. The molecule has 0 saturated carbocycles. The molecule has 14 heavy (non-hydrogen) atoms. The van der Waals surface area contributed by atoms with Gasteiger partial charge < -0.3 is 10.8 Å². The van der Waals surface area contributed by atoms with Gasteiger partial charge in [0.15, 0.2) is 0 Å². The van der Waals surface area contributed by atoms with E-state index >= 15 is 0 Å². The molecule has 3 N–H and O–H groups in total. The first-order valence-electron chi connectivity index (χ1n) is 4.10. The van der Waals surface area contributed by atoms with Crippen LogP contribution in [0.15, 0.2) is 12.3 Å². The summed E-state index contributed by atoms with van der Waals surface area (Å²) in [6, 6.07) is 0.870. The number of rotatable bonds is 3. The molecule has 0 aliphatic rings. The van der Waals surface area contributed by atoms with Gasteiger partial charge in [0.1, 0.15) is 0 Å². The standard InChI is InChI=1S/C9H11FN2O2/c1-5-2-6(4-12-9(5)10)7(11)3-8(13)14/h2,4,7H,3,11H2,1H3,(H,13,14). The Balaban J connectivity index is 2.85. The molecule has 1 aromatic heterocycles. The average molecular weight is 198 g/mol. The number of carboxylic acid groups (broad SMARTS) is 1. The second kappa shape index (κ2) is 4.15. The number of hydrogen-bond acceptors (Lipinski definition) is 3. The highest BCUT2D eigenvalue weighted by Crippen LogP contribution is 2.15. The van der Waals surface area contributed by atoms with Gasteiger partial charge in [-0.25, -0.2) is 4.98 Å². The molecule has 1 aromatic rings. The number of nitrogens with zero attached hydrogens (tertiary/aromatic N) is 1. The van der Waals surface area contributed by atoms with E-state index in [2.05, 4.69) is 4.98 Å². The molecule has 1 rings (SSSR count). The smallest absolute Gasteiger partial charge is 0.305 e. The quantitative estimate of drug-likeness (QED) is 0.710. The molecule has 1 heterocycles. The fourth-order valence-corrected chi connectivity index (χ4v) is 1.09. The predicted octanol–water partition coefficient (Wildman–Crippen LogP) is 1.00. The molecular weight excluding hydrogens is 187 g/mol. The van der Waals surface area contributed by atoms with Crippen molar-refractivity contribution in [3.63, 3.8) is 0 Å². The van der Waals surface area contributed by atoms with Crippen molar-refractivity contribution in [1.82, 2.24) is 4.98 Å². The molecule has 0 saturated heterocycles. The molecular formula is C9H11FN2O2. The van der Waals surface area contributed by atoms with Crippen molar-refractivity contribution in [3.8, 4) is 0 Å². The van der Waals surface area contributed by atoms with Crippen molar-refractivity contribution >= 4 is 5.97 Å². The second-order valence-corrected chi connectivity index (χ2v) is 3.08. The lowest BCUT2D eigenvalue weighted by atomic mass is 10.1. The van der Waals surface area contributed by atoms with Crippen LogP contribution in [0, 0.1) is 12.9 Å². The summed E-state index contributed by atoms with van der Waals surface area (Å²) >= 11 is 0. The molecule has 0 fully saturated rings. The van der Waals surface area contributed by atoms with Gasteiger partial charge in [0.25, 0.3) is 0 Å². The maximum atomic E-state index is 12.8. The van der Waals surface area contributed by atoms with Crippen LogP contribution in [0.2, 0.25) is 0 Å². The van der Waals surface area contributed by atoms with Crippen molar-refractivity contribution in [2.75, 3.05) is 0 Å². The average Bonchev–Trinajstić information content (AvgIpc) is 2.08. The summed E-state index contributed by atoms with van der Waals surface area (Å²) in [7, 11) is 0. The zero-order valence-corrected chi connectivity index (χ0v) is 7.70. The minimum atomic E-state index is -0.987. The highest BCUT2D eigenvalue weighted by Gasteiger charge is 2.12. The Labute approximate surface area is 80.6 Å². The van der Waals surface area contributed by atoms with Crippen LogP contribution < -0.4 is 5.73 Å². The number of aromatic nitrogens is 1. The van der Waals surface area contributed by atoms with Crippen LogP contribution in [0.4, 0.5) is 4.39 Å². The predicted molar refractivity (Wildman–Crippen MR) is 48.1 cm³/mol. The lowest BCUT2D eigenvalue weighted by molar-refractivity contribution is -0.137. The summed E-state index contributed by atoms with van der Waals surface area (Å²) in [5.74, 6) is -1.55. The number of aliphatic carboxylic acids is 1. The van der Waals surface area contributed by atoms with E-state index in [1.54, 1.807) is 6.92 Å². The molecule has 0 spiro atoms. The molecule has 0 radical (unpaired) electrons. The lowest BCUT2D eigenvalue weighted by Gasteiger charge is -2.09. The number of nitrogens with two attached hydrogens (primary N) is 1. The highest BCUT2D eigenvalue weighted by atomic mass is 19.1. The van der Waals surface area contributed by atoms with Crippen molar-refractivity contribution in [2.45, 2.75) is 19.4 Å². The zero-order valence-electron chi connectivity index (χ0n) is 7.70. The maximum Gasteiger partial charge on any atom is 0.305 e. The number of carboxylic acids is 1. The number of hydrogen-bond donors (Lipinski definition) is 2. The first-order valence-corrected chi connectivity index (χ1v) is 4.10. The molecule has 0 aliphatic carbocycles. The van der Waals surface area contributed by atoms with Gasteiger partial charge in [0.05, 0.1) is 6.42 Å². The van der Waals surface area contributed by atoms with E-state index < -0.39 is 18.0 Å². The van der Waals surface area contributed by atoms with Crippen molar-refractivity contribution in [3.05, 3.63) is 29.3 Å². The number of aryl methyl sites for hydroxylation is 1. The van der Waals surface area contributed by atoms with E-state index in [0.29, 0.717) is 11.1 Å². The molecule has 0 amide bonds. The van der Waals surface area contributed by atoms with Crippen LogP contribution >= 0.6 is 0 Å². The monoisotopic (exact) mass is 198 g/mol. The molecule has 4 nitrogen and oxygen atoms in total. The largest absolute Gasteiger partial charge is 0.481 e. The van der Waals surface area contributed by atoms with Crippen LogP contribution in [0.3, 0.4) is 0 Å². The first-order chi connectivity index (χ1) is 6.50. The van der Waals surface area contributed by atoms with Gasteiger partial charge in [0, 0.05) is 17.8 Å². The third-order valence-electron chi connectivity index (χ3n) is 1.86. The number of pyridine rings is 1. The Morgan fingerprint density at radius 2 is 2.43 bits per heavy atom. The highest BCUT2D eigenvalue weighted by molar-refractivity contribution is 5.67. The minimum absolute atomic E-state index is 0.188. The van der Waals surface area contributed by atoms with E-state index in [9.17, 15) is 9.18 Å². The molecule has 0 aliphatic heterocycles. The Morgan fingerprint density at radius 3 is 2.93 bits per heavy atom. The van der Waals surface area contributed by atoms with Gasteiger partial charge in [-0.15, -0.1) is 0 Å². The summed E-state index contributed by atoms with van der Waals surface area (Å²) in [4.78, 5) is 13.8. The fourth-order valence-electron chi connectivity index (χ4n) is 1.09. The topological polar surface area (TPSA) is 76.2 Å². The molecule has 0 bridgehead atoms. The minimum Gasteiger partial charge on any atom is -0.481 e. The van der Waals surface area contributed by atoms with Crippen LogP contribution in [-0.4, -0.2) is 16.1 Å². The fraction of sp³-hybridized carbons (Fsp3) is 0.333. The van der Waals surface area contributed by atoms with Crippen LogP contribution in [0.1, 0.15) is 23.6 Å². The molecule has 1 unspecified atom stereocenters. The normalized spacial score (nSPS) is 12.5. The van der Waals surface area contributed by atoms with Gasteiger partial charge in [-0.1, -0.05) is 0 Å². The Bertz CT molecular complexity index is 355. The number of carbonyl (C=O) groups is 1. The first kappa shape index (κ1) is 10.6. The van der Waals surface area contributed by atoms with Crippen LogP contribution in [0.25, 0.3) is 0 Å². The summed E-state index contributed by atoms with van der Waals surface area (Å²) in [5.41, 5.74) is 6.47. The van der Waals surface area contributed by atoms with E-state index in [-0.39, 0.29) is 6.42 Å². The summed E-state index contributed by atoms with van der Waals surface area (Å²) in [5, 5.41) is 8.49. The zero-order chi connectivity index (χ0) is 10.7. The Morgan fingerprint density at radius 1 is 1.79 bits per heavy atom. The number of halogens is 1.